The fourth-order valence-electron chi connectivity index (χ4n) is 1.79. The number of hydrogen-bond acceptors (Lipinski definition) is 3. The standard InChI is InChI=1S/C10H14N2O2/c1-12-9(6-13)5-10(11-12)8-3-2-4-14-7-8/h5-6,8H,2-4,7H2,1H3. The van der Waals surface area contributed by atoms with E-state index in [1.807, 2.05) is 6.07 Å². The second-order valence-electron chi connectivity index (χ2n) is 3.65. The van der Waals surface area contributed by atoms with E-state index in [2.05, 4.69) is 5.10 Å². The molecule has 1 aromatic heterocycles. The average Bonchev–Trinajstić information content (AvgIpc) is 2.61. The molecule has 1 fully saturated rings. The molecule has 2 heterocycles. The lowest BCUT2D eigenvalue weighted by molar-refractivity contribution is 0.0791. The zero-order chi connectivity index (χ0) is 9.97. The van der Waals surface area contributed by atoms with Gasteiger partial charge in [0.1, 0.15) is 5.69 Å². The van der Waals surface area contributed by atoms with Gasteiger partial charge in [-0.1, -0.05) is 0 Å². The molecular weight excluding hydrogens is 180 g/mol. The number of aryl methyl sites for hydroxylation is 1. The molecule has 0 N–H and O–H groups in total. The molecule has 76 valence electrons. The number of rotatable bonds is 2. The summed E-state index contributed by atoms with van der Waals surface area (Å²) < 4.78 is 7.00. The molecule has 1 aliphatic rings. The Morgan fingerprint density at radius 1 is 1.71 bits per heavy atom. The number of carbonyl (C=O) groups is 1. The summed E-state index contributed by atoms with van der Waals surface area (Å²) in [4.78, 5) is 10.6. The van der Waals surface area contributed by atoms with Crippen LogP contribution in [0.4, 0.5) is 0 Å². The van der Waals surface area contributed by atoms with Crippen molar-refractivity contribution < 1.29 is 9.53 Å². The molecular formula is C10H14N2O2. The summed E-state index contributed by atoms with van der Waals surface area (Å²) in [6, 6.07) is 1.85. The largest absolute Gasteiger partial charge is 0.381 e. The van der Waals surface area contributed by atoms with Crippen molar-refractivity contribution in [1.29, 1.82) is 0 Å². The molecule has 0 aliphatic carbocycles. The van der Waals surface area contributed by atoms with Gasteiger partial charge >= 0.3 is 0 Å². The van der Waals surface area contributed by atoms with Gasteiger partial charge in [-0.2, -0.15) is 5.10 Å². The van der Waals surface area contributed by atoms with Crippen LogP contribution in [-0.2, 0) is 11.8 Å². The minimum atomic E-state index is 0.364. The second kappa shape index (κ2) is 3.92. The van der Waals surface area contributed by atoms with E-state index in [-0.39, 0.29) is 0 Å². The fourth-order valence-corrected chi connectivity index (χ4v) is 1.79. The van der Waals surface area contributed by atoms with Crippen LogP contribution in [0.15, 0.2) is 6.07 Å². The Morgan fingerprint density at radius 3 is 3.14 bits per heavy atom. The lowest BCUT2D eigenvalue weighted by Gasteiger charge is -2.19. The number of aldehydes is 1. The average molecular weight is 194 g/mol. The number of hydrogen-bond donors (Lipinski definition) is 0. The summed E-state index contributed by atoms with van der Waals surface area (Å²) in [6.07, 6.45) is 3.02. The van der Waals surface area contributed by atoms with E-state index in [0.29, 0.717) is 11.6 Å². The van der Waals surface area contributed by atoms with Crippen LogP contribution >= 0.6 is 0 Å². The van der Waals surface area contributed by atoms with Crippen molar-refractivity contribution in [2.24, 2.45) is 7.05 Å². The van der Waals surface area contributed by atoms with Gasteiger partial charge in [0.25, 0.3) is 0 Å². The first-order chi connectivity index (χ1) is 6.81. The number of carbonyl (C=O) groups excluding carboxylic acids is 1. The van der Waals surface area contributed by atoms with Crippen LogP contribution in [-0.4, -0.2) is 29.3 Å². The zero-order valence-corrected chi connectivity index (χ0v) is 8.27. The molecule has 14 heavy (non-hydrogen) atoms. The summed E-state index contributed by atoms with van der Waals surface area (Å²) in [7, 11) is 1.79. The Labute approximate surface area is 82.9 Å². The van der Waals surface area contributed by atoms with E-state index < -0.39 is 0 Å². The van der Waals surface area contributed by atoms with Crippen molar-refractivity contribution in [3.63, 3.8) is 0 Å². The highest BCUT2D eigenvalue weighted by molar-refractivity contribution is 5.72. The summed E-state index contributed by atoms with van der Waals surface area (Å²) in [5, 5.41) is 4.31. The molecule has 1 atom stereocenters. The third-order valence-electron chi connectivity index (χ3n) is 2.63. The van der Waals surface area contributed by atoms with Gasteiger partial charge in [0.15, 0.2) is 6.29 Å². The minimum Gasteiger partial charge on any atom is -0.381 e. The van der Waals surface area contributed by atoms with Crippen molar-refractivity contribution in [2.75, 3.05) is 13.2 Å². The molecule has 4 heteroatoms. The maximum atomic E-state index is 10.6. The molecule has 4 nitrogen and oxygen atoms in total. The zero-order valence-electron chi connectivity index (χ0n) is 8.27. The maximum absolute atomic E-state index is 10.6. The van der Waals surface area contributed by atoms with E-state index in [1.165, 1.54) is 0 Å². The normalized spacial score (nSPS) is 22.2. The summed E-state index contributed by atoms with van der Waals surface area (Å²) in [6.45, 7) is 1.58. The molecule has 1 saturated heterocycles. The molecule has 0 bridgehead atoms. The van der Waals surface area contributed by atoms with Crippen LogP contribution in [0.2, 0.25) is 0 Å². The van der Waals surface area contributed by atoms with Gasteiger partial charge in [-0.25, -0.2) is 0 Å². The van der Waals surface area contributed by atoms with Gasteiger partial charge in [-0.05, 0) is 18.9 Å². The first kappa shape index (κ1) is 9.40. The molecule has 0 aromatic carbocycles. The van der Waals surface area contributed by atoms with Crippen LogP contribution in [0.25, 0.3) is 0 Å². The smallest absolute Gasteiger partial charge is 0.168 e. The topological polar surface area (TPSA) is 44.1 Å². The van der Waals surface area contributed by atoms with Gasteiger partial charge in [0.2, 0.25) is 0 Å². The van der Waals surface area contributed by atoms with Crippen molar-refractivity contribution in [3.05, 3.63) is 17.5 Å². The van der Waals surface area contributed by atoms with Crippen molar-refractivity contribution in [3.8, 4) is 0 Å². The van der Waals surface area contributed by atoms with Crippen LogP contribution in [0.3, 0.4) is 0 Å². The van der Waals surface area contributed by atoms with E-state index in [0.717, 1.165) is 38.0 Å². The van der Waals surface area contributed by atoms with Crippen LogP contribution in [0, 0.1) is 0 Å². The Bertz CT molecular complexity index is 327. The Hall–Kier alpha value is -1.16. The van der Waals surface area contributed by atoms with Crippen LogP contribution < -0.4 is 0 Å². The SMILES string of the molecule is Cn1nc(C2CCCOC2)cc1C=O. The predicted octanol–water partition coefficient (Wildman–Crippen LogP) is 1.13. The van der Waals surface area contributed by atoms with Crippen LogP contribution in [0.5, 0.6) is 0 Å². The molecule has 0 amide bonds. The Morgan fingerprint density at radius 2 is 2.57 bits per heavy atom. The Balaban J connectivity index is 2.18. The molecule has 1 aromatic rings. The minimum absolute atomic E-state index is 0.364. The summed E-state index contributed by atoms with van der Waals surface area (Å²) in [5.41, 5.74) is 1.61. The second-order valence-corrected chi connectivity index (χ2v) is 3.65. The van der Waals surface area contributed by atoms with Gasteiger partial charge in [0.05, 0.1) is 12.3 Å². The first-order valence-electron chi connectivity index (χ1n) is 4.88. The van der Waals surface area contributed by atoms with Gasteiger partial charge in [0, 0.05) is 19.6 Å². The highest BCUT2D eigenvalue weighted by Crippen LogP contribution is 2.24. The maximum Gasteiger partial charge on any atom is 0.168 e. The lowest BCUT2D eigenvalue weighted by Crippen LogP contribution is -2.16. The molecule has 0 radical (unpaired) electrons. The van der Waals surface area contributed by atoms with Gasteiger partial charge in [-0.3, -0.25) is 9.48 Å². The quantitative estimate of drug-likeness (QED) is 0.663. The van der Waals surface area contributed by atoms with Crippen molar-refractivity contribution in [2.45, 2.75) is 18.8 Å². The highest BCUT2D eigenvalue weighted by Gasteiger charge is 2.19. The van der Waals surface area contributed by atoms with Gasteiger partial charge < -0.3 is 4.74 Å². The number of aromatic nitrogens is 2. The van der Waals surface area contributed by atoms with Gasteiger partial charge in [-0.15, -0.1) is 0 Å². The first-order valence-corrected chi connectivity index (χ1v) is 4.88. The summed E-state index contributed by atoms with van der Waals surface area (Å²) in [5.74, 6) is 0.364. The highest BCUT2D eigenvalue weighted by atomic mass is 16.5. The molecule has 2 rings (SSSR count). The molecule has 1 unspecified atom stereocenters. The van der Waals surface area contributed by atoms with E-state index in [1.54, 1.807) is 11.7 Å². The van der Waals surface area contributed by atoms with Crippen molar-refractivity contribution in [1.82, 2.24) is 9.78 Å². The predicted molar refractivity (Wildman–Crippen MR) is 51.4 cm³/mol. The number of ether oxygens (including phenoxy) is 1. The molecule has 0 spiro atoms. The Kier molecular flexibility index (Phi) is 2.63. The van der Waals surface area contributed by atoms with E-state index in [9.17, 15) is 4.79 Å². The fraction of sp³-hybridized carbons (Fsp3) is 0.600. The monoisotopic (exact) mass is 194 g/mol. The molecule has 1 aliphatic heterocycles. The number of nitrogens with zero attached hydrogens (tertiary/aromatic N) is 2. The van der Waals surface area contributed by atoms with E-state index in [4.69, 9.17) is 4.74 Å². The lowest BCUT2D eigenvalue weighted by atomic mass is 9.99. The molecule has 0 saturated carbocycles. The third-order valence-corrected chi connectivity index (χ3v) is 2.63. The van der Waals surface area contributed by atoms with Crippen molar-refractivity contribution >= 4 is 6.29 Å². The van der Waals surface area contributed by atoms with E-state index >= 15 is 0 Å². The summed E-state index contributed by atoms with van der Waals surface area (Å²) >= 11 is 0. The van der Waals surface area contributed by atoms with Crippen LogP contribution in [0.1, 0.15) is 34.9 Å². The third kappa shape index (κ3) is 1.70.